The second-order valence-electron chi connectivity index (χ2n) is 7.66. The van der Waals surface area contributed by atoms with E-state index in [0.717, 1.165) is 44.9 Å². The molecule has 0 unspecified atom stereocenters. The molecule has 2 N–H and O–H groups in total. The van der Waals surface area contributed by atoms with Crippen molar-refractivity contribution in [3.63, 3.8) is 0 Å². The third-order valence-electron chi connectivity index (χ3n) is 6.20. The minimum atomic E-state index is 0.217. The Morgan fingerprint density at radius 3 is 2.32 bits per heavy atom. The number of carbonyl (C=O) groups excluding carboxylic acids is 1. The number of piperazine rings is 1. The largest absolute Gasteiger partial charge is 0.340 e. The van der Waals surface area contributed by atoms with Gasteiger partial charge in [0.25, 0.3) is 0 Å². The summed E-state index contributed by atoms with van der Waals surface area (Å²) in [7, 11) is 0. The average molecular weight is 307 g/mol. The van der Waals surface area contributed by atoms with Crippen LogP contribution in [0.25, 0.3) is 0 Å². The van der Waals surface area contributed by atoms with Gasteiger partial charge < -0.3 is 10.6 Å². The standard InChI is InChI=1S/C18H33N3O/c19-13-16-7-4-8-17(16)18(22)21-11-9-20(10-12-21)14-15-5-2-1-3-6-15/h15-17H,1-14,19H2/t16-,17-/m1/s1. The van der Waals surface area contributed by atoms with Crippen molar-refractivity contribution in [2.75, 3.05) is 39.3 Å². The quantitative estimate of drug-likeness (QED) is 0.865. The van der Waals surface area contributed by atoms with Crippen LogP contribution in [0.5, 0.6) is 0 Å². The Balaban J connectivity index is 1.43. The normalized spacial score (nSPS) is 31.6. The molecule has 2 saturated carbocycles. The van der Waals surface area contributed by atoms with Crippen molar-refractivity contribution in [3.05, 3.63) is 0 Å². The summed E-state index contributed by atoms with van der Waals surface area (Å²) in [6, 6.07) is 0. The molecule has 0 bridgehead atoms. The van der Waals surface area contributed by atoms with Gasteiger partial charge in [-0.25, -0.2) is 0 Å². The molecule has 3 aliphatic rings. The van der Waals surface area contributed by atoms with Crippen LogP contribution in [0.15, 0.2) is 0 Å². The molecule has 0 radical (unpaired) electrons. The number of hydrogen-bond donors (Lipinski definition) is 1. The SMILES string of the molecule is NC[C@H]1CCC[C@H]1C(=O)N1CCN(CC2CCCCC2)CC1. The fraction of sp³-hybridized carbons (Fsp3) is 0.944. The first kappa shape index (κ1) is 16.3. The van der Waals surface area contributed by atoms with Gasteiger partial charge in [-0.1, -0.05) is 25.7 Å². The topological polar surface area (TPSA) is 49.6 Å². The maximum atomic E-state index is 12.7. The third kappa shape index (κ3) is 3.83. The van der Waals surface area contributed by atoms with Crippen molar-refractivity contribution in [2.24, 2.45) is 23.5 Å². The molecule has 0 aromatic rings. The highest BCUT2D eigenvalue weighted by Crippen LogP contribution is 2.32. The third-order valence-corrected chi connectivity index (χ3v) is 6.20. The molecule has 3 fully saturated rings. The number of hydrogen-bond acceptors (Lipinski definition) is 3. The molecule has 2 atom stereocenters. The van der Waals surface area contributed by atoms with Crippen molar-refractivity contribution < 1.29 is 4.79 Å². The lowest BCUT2D eigenvalue weighted by atomic mass is 9.89. The van der Waals surface area contributed by atoms with Crippen LogP contribution < -0.4 is 5.73 Å². The molecular weight excluding hydrogens is 274 g/mol. The first-order valence-corrected chi connectivity index (χ1v) is 9.49. The Morgan fingerprint density at radius 2 is 1.64 bits per heavy atom. The second-order valence-corrected chi connectivity index (χ2v) is 7.66. The summed E-state index contributed by atoms with van der Waals surface area (Å²) in [6.07, 6.45) is 10.5. The van der Waals surface area contributed by atoms with E-state index in [1.165, 1.54) is 45.1 Å². The van der Waals surface area contributed by atoms with Gasteiger partial charge in [-0.3, -0.25) is 9.69 Å². The lowest BCUT2D eigenvalue weighted by Crippen LogP contribution is -2.51. The van der Waals surface area contributed by atoms with Gasteiger partial charge in [-0.2, -0.15) is 0 Å². The van der Waals surface area contributed by atoms with Crippen molar-refractivity contribution in [1.29, 1.82) is 0 Å². The van der Waals surface area contributed by atoms with E-state index in [4.69, 9.17) is 5.73 Å². The molecule has 1 heterocycles. The minimum Gasteiger partial charge on any atom is -0.340 e. The predicted octanol–water partition coefficient (Wildman–Crippen LogP) is 2.09. The van der Waals surface area contributed by atoms with Gasteiger partial charge in [0.1, 0.15) is 0 Å². The van der Waals surface area contributed by atoms with Gasteiger partial charge in [0, 0.05) is 38.6 Å². The fourth-order valence-corrected chi connectivity index (χ4v) is 4.76. The smallest absolute Gasteiger partial charge is 0.226 e. The Hall–Kier alpha value is -0.610. The van der Waals surface area contributed by atoms with E-state index in [2.05, 4.69) is 9.80 Å². The number of carbonyl (C=O) groups is 1. The zero-order chi connectivity index (χ0) is 15.4. The minimum absolute atomic E-state index is 0.217. The number of nitrogens with zero attached hydrogens (tertiary/aromatic N) is 2. The molecule has 4 heteroatoms. The van der Waals surface area contributed by atoms with Crippen LogP contribution in [-0.4, -0.2) is 55.0 Å². The van der Waals surface area contributed by atoms with Crippen LogP contribution in [0.2, 0.25) is 0 Å². The van der Waals surface area contributed by atoms with E-state index < -0.39 is 0 Å². The van der Waals surface area contributed by atoms with Gasteiger partial charge in [0.2, 0.25) is 5.91 Å². The lowest BCUT2D eigenvalue weighted by Gasteiger charge is -2.38. The summed E-state index contributed by atoms with van der Waals surface area (Å²) in [4.78, 5) is 17.4. The second kappa shape index (κ2) is 7.78. The zero-order valence-corrected chi connectivity index (χ0v) is 14.0. The monoisotopic (exact) mass is 307 g/mol. The molecular formula is C18H33N3O. The van der Waals surface area contributed by atoms with E-state index in [0.29, 0.717) is 18.4 Å². The van der Waals surface area contributed by atoms with Crippen LogP contribution in [0.3, 0.4) is 0 Å². The van der Waals surface area contributed by atoms with E-state index in [1.54, 1.807) is 0 Å². The number of amides is 1. The summed E-state index contributed by atoms with van der Waals surface area (Å²) in [5.41, 5.74) is 5.84. The van der Waals surface area contributed by atoms with E-state index in [-0.39, 0.29) is 5.92 Å². The Bertz CT molecular complexity index is 359. The van der Waals surface area contributed by atoms with Crippen molar-refractivity contribution in [3.8, 4) is 0 Å². The van der Waals surface area contributed by atoms with Gasteiger partial charge >= 0.3 is 0 Å². The molecule has 1 saturated heterocycles. The zero-order valence-electron chi connectivity index (χ0n) is 14.0. The molecule has 1 amide bonds. The fourth-order valence-electron chi connectivity index (χ4n) is 4.76. The highest BCUT2D eigenvalue weighted by molar-refractivity contribution is 5.79. The molecule has 22 heavy (non-hydrogen) atoms. The van der Waals surface area contributed by atoms with Gasteiger partial charge in [0.15, 0.2) is 0 Å². The highest BCUT2D eigenvalue weighted by atomic mass is 16.2. The molecule has 126 valence electrons. The van der Waals surface area contributed by atoms with E-state index in [1.807, 2.05) is 0 Å². The summed E-state index contributed by atoms with van der Waals surface area (Å²) in [5.74, 6) is 1.96. The maximum Gasteiger partial charge on any atom is 0.226 e. The summed E-state index contributed by atoms with van der Waals surface area (Å²) >= 11 is 0. The molecule has 4 nitrogen and oxygen atoms in total. The average Bonchev–Trinajstić information content (AvgIpc) is 3.04. The molecule has 0 aromatic carbocycles. The summed E-state index contributed by atoms with van der Waals surface area (Å²) in [6.45, 7) is 5.94. The summed E-state index contributed by atoms with van der Waals surface area (Å²) in [5, 5.41) is 0. The molecule has 1 aliphatic heterocycles. The molecule has 3 rings (SSSR count). The first-order chi connectivity index (χ1) is 10.8. The number of nitrogens with two attached hydrogens (primary N) is 1. The molecule has 0 spiro atoms. The van der Waals surface area contributed by atoms with Crippen molar-refractivity contribution in [2.45, 2.75) is 51.4 Å². The van der Waals surface area contributed by atoms with Crippen LogP contribution >= 0.6 is 0 Å². The van der Waals surface area contributed by atoms with Crippen LogP contribution in [0, 0.1) is 17.8 Å². The van der Waals surface area contributed by atoms with Gasteiger partial charge in [0.05, 0.1) is 0 Å². The predicted molar refractivity (Wildman–Crippen MR) is 89.5 cm³/mol. The Labute approximate surface area is 135 Å². The maximum absolute atomic E-state index is 12.7. The van der Waals surface area contributed by atoms with Crippen LogP contribution in [0.1, 0.15) is 51.4 Å². The molecule has 0 aromatic heterocycles. The van der Waals surface area contributed by atoms with Crippen molar-refractivity contribution in [1.82, 2.24) is 9.80 Å². The molecule has 2 aliphatic carbocycles. The van der Waals surface area contributed by atoms with E-state index in [9.17, 15) is 4.79 Å². The van der Waals surface area contributed by atoms with Crippen LogP contribution in [-0.2, 0) is 4.79 Å². The Morgan fingerprint density at radius 1 is 0.909 bits per heavy atom. The first-order valence-electron chi connectivity index (χ1n) is 9.49. The van der Waals surface area contributed by atoms with Crippen molar-refractivity contribution >= 4 is 5.91 Å². The van der Waals surface area contributed by atoms with Crippen LogP contribution in [0.4, 0.5) is 0 Å². The van der Waals surface area contributed by atoms with E-state index >= 15 is 0 Å². The van der Waals surface area contributed by atoms with Gasteiger partial charge in [-0.15, -0.1) is 0 Å². The highest BCUT2D eigenvalue weighted by Gasteiger charge is 2.35. The van der Waals surface area contributed by atoms with Gasteiger partial charge in [-0.05, 0) is 44.1 Å². The lowest BCUT2D eigenvalue weighted by molar-refractivity contribution is -0.138. The number of rotatable bonds is 4. The Kier molecular flexibility index (Phi) is 5.75. The summed E-state index contributed by atoms with van der Waals surface area (Å²) < 4.78 is 0.